The van der Waals surface area contributed by atoms with Crippen molar-refractivity contribution >= 4 is 38.6 Å². The summed E-state index contributed by atoms with van der Waals surface area (Å²) in [5.74, 6) is -2.07. The van der Waals surface area contributed by atoms with E-state index in [2.05, 4.69) is 20.9 Å². The molecule has 0 saturated heterocycles. The Morgan fingerprint density at radius 1 is 0.919 bits per heavy atom. The SMILES string of the molecule is CN(C(=O)c1ccccc1)c1cccc(-c2nc3c(Br)cc(C(F)(C(F)(F)F)C(F)(F)F)cc3o2)c1F. The van der Waals surface area contributed by atoms with Gasteiger partial charge < -0.3 is 9.32 Å². The van der Waals surface area contributed by atoms with E-state index < -0.39 is 51.3 Å². The van der Waals surface area contributed by atoms with Gasteiger partial charge in [-0.2, -0.15) is 26.3 Å². The van der Waals surface area contributed by atoms with E-state index in [1.54, 1.807) is 18.2 Å². The Hall–Kier alpha value is -3.48. The zero-order valence-electron chi connectivity index (χ0n) is 18.4. The quantitative estimate of drug-likeness (QED) is 0.226. The Morgan fingerprint density at radius 2 is 1.54 bits per heavy atom. The lowest BCUT2D eigenvalue weighted by Gasteiger charge is -2.30. The van der Waals surface area contributed by atoms with Crippen molar-refractivity contribution in [3.8, 4) is 11.5 Å². The van der Waals surface area contributed by atoms with E-state index in [0.717, 1.165) is 4.90 Å². The number of hydrogen-bond acceptors (Lipinski definition) is 3. The maximum atomic E-state index is 15.4. The number of nitrogens with zero attached hydrogens (tertiary/aromatic N) is 2. The lowest BCUT2D eigenvalue weighted by molar-refractivity contribution is -0.348. The van der Waals surface area contributed by atoms with Crippen LogP contribution in [0.4, 0.5) is 40.8 Å². The molecular formula is C24H13BrF8N2O2. The van der Waals surface area contributed by atoms with Crippen LogP contribution in [0.15, 0.2) is 69.6 Å². The maximum absolute atomic E-state index is 15.4. The number of carbonyl (C=O) groups is 1. The Bertz CT molecular complexity index is 1470. The molecule has 0 aliphatic heterocycles. The lowest BCUT2D eigenvalue weighted by atomic mass is 9.94. The van der Waals surface area contributed by atoms with Crippen LogP contribution in [0.3, 0.4) is 0 Å². The number of rotatable bonds is 4. The summed E-state index contributed by atoms with van der Waals surface area (Å²) in [4.78, 5) is 17.7. The molecule has 0 fully saturated rings. The Kier molecular flexibility index (Phi) is 6.55. The fourth-order valence-corrected chi connectivity index (χ4v) is 4.15. The second kappa shape index (κ2) is 9.12. The summed E-state index contributed by atoms with van der Waals surface area (Å²) >= 11 is 2.79. The molecule has 1 heterocycles. The third-order valence-corrected chi connectivity index (χ3v) is 6.13. The highest BCUT2D eigenvalue weighted by Crippen LogP contribution is 2.54. The number of fused-ring (bicyclic) bond motifs is 1. The molecule has 0 atom stereocenters. The van der Waals surface area contributed by atoms with Crippen LogP contribution in [-0.4, -0.2) is 30.3 Å². The number of oxazole rings is 1. The van der Waals surface area contributed by atoms with Crippen LogP contribution in [0, 0.1) is 5.82 Å². The highest BCUT2D eigenvalue weighted by molar-refractivity contribution is 9.10. The van der Waals surface area contributed by atoms with E-state index in [1.165, 1.54) is 37.4 Å². The predicted octanol–water partition coefficient (Wildman–Crippen LogP) is 7.96. The van der Waals surface area contributed by atoms with E-state index in [9.17, 15) is 35.5 Å². The standard InChI is InChI=1S/C24H13BrF8N2O2/c1-35(21(36)12-6-3-2-4-7-12)16-9-5-8-14(18(16)26)20-34-19-15(25)10-13(11-17(19)37-20)22(27,23(28,29)30)24(31,32)33/h2-11H,1H3. The second-order valence-corrected chi connectivity index (χ2v) is 8.70. The van der Waals surface area contributed by atoms with E-state index in [-0.39, 0.29) is 34.5 Å². The molecule has 37 heavy (non-hydrogen) atoms. The molecule has 0 N–H and O–H groups in total. The van der Waals surface area contributed by atoms with Gasteiger partial charge >= 0.3 is 18.0 Å². The number of halogens is 9. The zero-order valence-corrected chi connectivity index (χ0v) is 20.0. The van der Waals surface area contributed by atoms with Crippen molar-refractivity contribution in [2.45, 2.75) is 18.0 Å². The molecule has 4 nitrogen and oxygen atoms in total. The highest BCUT2D eigenvalue weighted by atomic mass is 79.9. The molecule has 0 saturated carbocycles. The largest absolute Gasteiger partial charge is 0.436 e. The summed E-state index contributed by atoms with van der Waals surface area (Å²) in [6.45, 7) is 0. The first-order chi connectivity index (χ1) is 17.2. The second-order valence-electron chi connectivity index (χ2n) is 7.85. The number of amides is 1. The summed E-state index contributed by atoms with van der Waals surface area (Å²) in [7, 11) is 1.31. The van der Waals surface area contributed by atoms with Gasteiger partial charge in [0.2, 0.25) is 5.89 Å². The van der Waals surface area contributed by atoms with Crippen LogP contribution in [0.2, 0.25) is 0 Å². The van der Waals surface area contributed by atoms with Crippen molar-refractivity contribution in [1.29, 1.82) is 0 Å². The van der Waals surface area contributed by atoms with Crippen molar-refractivity contribution in [1.82, 2.24) is 4.98 Å². The minimum atomic E-state index is -6.34. The lowest BCUT2D eigenvalue weighted by Crippen LogP contribution is -2.50. The average Bonchev–Trinajstić information content (AvgIpc) is 3.26. The van der Waals surface area contributed by atoms with E-state index in [4.69, 9.17) is 4.42 Å². The molecule has 0 unspecified atom stereocenters. The van der Waals surface area contributed by atoms with Gasteiger partial charge in [0, 0.05) is 22.6 Å². The molecule has 0 aliphatic rings. The van der Waals surface area contributed by atoms with Crippen molar-refractivity contribution in [2.75, 3.05) is 11.9 Å². The average molecular weight is 593 g/mol. The van der Waals surface area contributed by atoms with Crippen LogP contribution < -0.4 is 4.90 Å². The molecule has 3 aromatic carbocycles. The number of alkyl halides is 7. The number of benzene rings is 3. The Balaban J connectivity index is 1.81. The zero-order chi connectivity index (χ0) is 27.3. The summed E-state index contributed by atoms with van der Waals surface area (Å²) in [5, 5.41) is 0. The first-order valence-corrected chi connectivity index (χ1v) is 11.0. The minimum absolute atomic E-state index is 0.203. The van der Waals surface area contributed by atoms with Crippen LogP contribution >= 0.6 is 15.9 Å². The number of anilines is 1. The first-order valence-electron chi connectivity index (χ1n) is 10.2. The molecular weight excluding hydrogens is 580 g/mol. The van der Waals surface area contributed by atoms with Gasteiger partial charge in [-0.05, 0) is 52.3 Å². The van der Waals surface area contributed by atoms with Gasteiger partial charge in [-0.25, -0.2) is 13.8 Å². The number of aromatic nitrogens is 1. The summed E-state index contributed by atoms with van der Waals surface area (Å²) in [6, 6.07) is 12.3. The molecule has 0 bridgehead atoms. The predicted molar refractivity (Wildman–Crippen MR) is 121 cm³/mol. The van der Waals surface area contributed by atoms with Crippen molar-refractivity contribution in [3.05, 3.63) is 82.1 Å². The van der Waals surface area contributed by atoms with E-state index in [1.807, 2.05) is 0 Å². The van der Waals surface area contributed by atoms with Crippen LogP contribution in [0.5, 0.6) is 0 Å². The fraction of sp³-hybridized carbons (Fsp3) is 0.167. The Morgan fingerprint density at radius 3 is 2.14 bits per heavy atom. The molecule has 194 valence electrons. The smallest absolute Gasteiger partial charge is 0.435 e. The van der Waals surface area contributed by atoms with Gasteiger partial charge in [-0.15, -0.1) is 0 Å². The van der Waals surface area contributed by atoms with E-state index in [0.29, 0.717) is 0 Å². The molecule has 4 aromatic rings. The van der Waals surface area contributed by atoms with E-state index >= 15 is 4.39 Å². The van der Waals surface area contributed by atoms with Crippen molar-refractivity contribution in [3.63, 3.8) is 0 Å². The maximum Gasteiger partial charge on any atom is 0.435 e. The van der Waals surface area contributed by atoms with Crippen LogP contribution in [0.1, 0.15) is 15.9 Å². The molecule has 13 heteroatoms. The summed E-state index contributed by atoms with van der Waals surface area (Å²) in [5.41, 5.74) is -8.71. The summed E-state index contributed by atoms with van der Waals surface area (Å²) < 4.78 is 114. The van der Waals surface area contributed by atoms with Crippen LogP contribution in [0.25, 0.3) is 22.6 Å². The molecule has 0 spiro atoms. The molecule has 1 aromatic heterocycles. The normalized spacial score (nSPS) is 12.7. The third kappa shape index (κ3) is 4.45. The Labute approximate surface area is 211 Å². The summed E-state index contributed by atoms with van der Waals surface area (Å²) in [6.07, 6.45) is -12.7. The fourth-order valence-electron chi connectivity index (χ4n) is 3.62. The van der Waals surface area contributed by atoms with Gasteiger partial charge in [0.05, 0.1) is 11.3 Å². The minimum Gasteiger partial charge on any atom is -0.436 e. The van der Waals surface area contributed by atoms with Crippen molar-refractivity contribution < 1.29 is 44.3 Å². The van der Waals surface area contributed by atoms with Gasteiger partial charge in [-0.1, -0.05) is 24.3 Å². The first kappa shape index (κ1) is 26.6. The molecule has 0 aliphatic carbocycles. The molecule has 4 rings (SSSR count). The molecule has 1 amide bonds. The third-order valence-electron chi connectivity index (χ3n) is 5.52. The van der Waals surface area contributed by atoms with Crippen molar-refractivity contribution in [2.24, 2.45) is 0 Å². The monoisotopic (exact) mass is 592 g/mol. The topological polar surface area (TPSA) is 46.3 Å². The van der Waals surface area contributed by atoms with Crippen LogP contribution in [-0.2, 0) is 5.67 Å². The molecule has 0 radical (unpaired) electrons. The van der Waals surface area contributed by atoms with Gasteiger partial charge in [-0.3, -0.25) is 4.79 Å². The van der Waals surface area contributed by atoms with Gasteiger partial charge in [0.1, 0.15) is 5.52 Å². The highest BCUT2D eigenvalue weighted by Gasteiger charge is 2.73. The van der Waals surface area contributed by atoms with Gasteiger partial charge in [0.25, 0.3) is 5.91 Å². The number of carbonyl (C=O) groups excluding carboxylic acids is 1. The number of hydrogen-bond donors (Lipinski definition) is 0. The van der Waals surface area contributed by atoms with Gasteiger partial charge in [0.15, 0.2) is 11.4 Å².